The van der Waals surface area contributed by atoms with Gasteiger partial charge in [0.05, 0.1) is 18.6 Å². The zero-order valence-electron chi connectivity index (χ0n) is 10.2. The molecule has 6 nitrogen and oxygen atoms in total. The Hall–Kier alpha value is -1.82. The van der Waals surface area contributed by atoms with Gasteiger partial charge in [0.15, 0.2) is 5.75 Å². The van der Waals surface area contributed by atoms with E-state index in [1.807, 2.05) is 0 Å². The molecule has 1 aromatic rings. The average molecular weight is 252 g/mol. The van der Waals surface area contributed by atoms with E-state index in [2.05, 4.69) is 5.32 Å². The molecular weight excluding hydrogens is 236 g/mol. The lowest BCUT2D eigenvalue weighted by atomic mass is 10.1. The van der Waals surface area contributed by atoms with Crippen LogP contribution in [0.5, 0.6) is 5.75 Å². The molecule has 0 aliphatic carbocycles. The van der Waals surface area contributed by atoms with Gasteiger partial charge in [-0.2, -0.15) is 0 Å². The fourth-order valence-corrected chi connectivity index (χ4v) is 1.95. The van der Waals surface area contributed by atoms with Crippen molar-refractivity contribution in [1.82, 2.24) is 0 Å². The quantitative estimate of drug-likeness (QED) is 0.641. The number of nitrogens with one attached hydrogen (secondary N) is 1. The van der Waals surface area contributed by atoms with Crippen LogP contribution >= 0.6 is 0 Å². The van der Waals surface area contributed by atoms with Gasteiger partial charge in [0.2, 0.25) is 0 Å². The van der Waals surface area contributed by atoms with Gasteiger partial charge in [-0.15, -0.1) is 0 Å². The van der Waals surface area contributed by atoms with Crippen molar-refractivity contribution in [1.29, 1.82) is 0 Å². The van der Waals surface area contributed by atoms with E-state index in [1.54, 1.807) is 12.1 Å². The normalized spacial score (nSPS) is 18.6. The van der Waals surface area contributed by atoms with Crippen LogP contribution in [0.25, 0.3) is 0 Å². The van der Waals surface area contributed by atoms with Gasteiger partial charge >= 0.3 is 5.69 Å². The van der Waals surface area contributed by atoms with Crippen LogP contribution in [-0.4, -0.2) is 31.8 Å². The molecular formula is C12H16N2O4. The summed E-state index contributed by atoms with van der Waals surface area (Å²) in [4.78, 5) is 10.4. The van der Waals surface area contributed by atoms with Crippen molar-refractivity contribution in [2.75, 3.05) is 32.2 Å². The molecule has 18 heavy (non-hydrogen) atoms. The molecule has 1 saturated heterocycles. The summed E-state index contributed by atoms with van der Waals surface area (Å²) in [6.45, 7) is 2.32. The first-order valence-corrected chi connectivity index (χ1v) is 5.84. The Kier molecular flexibility index (Phi) is 3.99. The van der Waals surface area contributed by atoms with E-state index >= 15 is 0 Å². The maximum Gasteiger partial charge on any atom is 0.312 e. The predicted molar refractivity (Wildman–Crippen MR) is 67.1 cm³/mol. The monoisotopic (exact) mass is 252 g/mol. The molecule has 1 N–H and O–H groups in total. The first-order valence-electron chi connectivity index (χ1n) is 5.84. The highest BCUT2D eigenvalue weighted by molar-refractivity contribution is 5.58. The minimum atomic E-state index is -0.442. The lowest BCUT2D eigenvalue weighted by molar-refractivity contribution is -0.385. The summed E-state index contributed by atoms with van der Waals surface area (Å²) in [5, 5.41) is 14.1. The van der Waals surface area contributed by atoms with Crippen LogP contribution in [0.3, 0.4) is 0 Å². The third kappa shape index (κ3) is 2.89. The van der Waals surface area contributed by atoms with Crippen molar-refractivity contribution < 1.29 is 14.4 Å². The molecule has 1 fully saturated rings. The number of anilines is 1. The molecule has 1 unspecified atom stereocenters. The zero-order valence-corrected chi connectivity index (χ0v) is 10.2. The number of nitro groups is 1. The van der Waals surface area contributed by atoms with Gasteiger partial charge in [-0.25, -0.2) is 0 Å². The molecule has 1 aliphatic rings. The van der Waals surface area contributed by atoms with Crippen molar-refractivity contribution in [3.8, 4) is 5.75 Å². The molecule has 1 atom stereocenters. The first-order chi connectivity index (χ1) is 8.70. The summed E-state index contributed by atoms with van der Waals surface area (Å²) in [7, 11) is 1.42. The molecule has 1 aliphatic heterocycles. The van der Waals surface area contributed by atoms with Crippen molar-refractivity contribution in [2.24, 2.45) is 5.92 Å². The molecule has 1 aromatic carbocycles. The Morgan fingerprint density at radius 3 is 3.06 bits per heavy atom. The van der Waals surface area contributed by atoms with Gasteiger partial charge in [0.25, 0.3) is 0 Å². The molecule has 0 radical (unpaired) electrons. The second kappa shape index (κ2) is 5.68. The maximum atomic E-state index is 10.9. The van der Waals surface area contributed by atoms with Crippen molar-refractivity contribution in [3.05, 3.63) is 28.3 Å². The summed E-state index contributed by atoms with van der Waals surface area (Å²) in [6.07, 6.45) is 1.03. The molecule has 2 rings (SSSR count). The smallest absolute Gasteiger partial charge is 0.312 e. The molecule has 0 aromatic heterocycles. The lowest BCUT2D eigenvalue weighted by Gasteiger charge is -2.11. The molecule has 0 bridgehead atoms. The van der Waals surface area contributed by atoms with Gasteiger partial charge in [-0.3, -0.25) is 10.1 Å². The highest BCUT2D eigenvalue weighted by atomic mass is 16.6. The standard InChI is InChI=1S/C12H16N2O4/c1-17-12-3-2-10(6-11(12)14(15)16)13-7-9-4-5-18-8-9/h2-3,6,9,13H,4-5,7-8H2,1H3. The van der Waals surface area contributed by atoms with Crippen LogP contribution in [0.1, 0.15) is 6.42 Å². The van der Waals surface area contributed by atoms with Gasteiger partial charge in [-0.05, 0) is 18.6 Å². The van der Waals surface area contributed by atoms with E-state index in [-0.39, 0.29) is 11.4 Å². The third-order valence-electron chi connectivity index (χ3n) is 2.99. The van der Waals surface area contributed by atoms with E-state index in [0.29, 0.717) is 5.92 Å². The minimum Gasteiger partial charge on any atom is -0.490 e. The second-order valence-electron chi connectivity index (χ2n) is 4.25. The number of hydrogen-bond acceptors (Lipinski definition) is 5. The van der Waals surface area contributed by atoms with Crippen LogP contribution in [0.4, 0.5) is 11.4 Å². The first kappa shape index (κ1) is 12.6. The Labute approximate surface area is 105 Å². The number of nitro benzene ring substituents is 1. The van der Waals surface area contributed by atoms with Crippen molar-refractivity contribution in [2.45, 2.75) is 6.42 Å². The number of hydrogen-bond donors (Lipinski definition) is 1. The van der Waals surface area contributed by atoms with E-state index in [0.717, 1.165) is 31.9 Å². The number of rotatable bonds is 5. The number of ether oxygens (including phenoxy) is 2. The Morgan fingerprint density at radius 1 is 1.61 bits per heavy atom. The number of nitrogens with zero attached hydrogens (tertiary/aromatic N) is 1. The fourth-order valence-electron chi connectivity index (χ4n) is 1.95. The summed E-state index contributed by atoms with van der Waals surface area (Å²) >= 11 is 0. The largest absolute Gasteiger partial charge is 0.490 e. The molecule has 1 heterocycles. The molecule has 6 heteroatoms. The molecule has 0 saturated carbocycles. The second-order valence-corrected chi connectivity index (χ2v) is 4.25. The minimum absolute atomic E-state index is 0.0230. The van der Waals surface area contributed by atoms with E-state index in [1.165, 1.54) is 13.2 Å². The third-order valence-corrected chi connectivity index (χ3v) is 2.99. The average Bonchev–Trinajstić information content (AvgIpc) is 2.89. The van der Waals surface area contributed by atoms with Crippen molar-refractivity contribution >= 4 is 11.4 Å². The molecule has 0 spiro atoms. The van der Waals surface area contributed by atoms with Crippen molar-refractivity contribution in [3.63, 3.8) is 0 Å². The van der Waals surface area contributed by atoms with Crippen LogP contribution in [0.2, 0.25) is 0 Å². The van der Waals surface area contributed by atoms with Crippen LogP contribution in [-0.2, 0) is 4.74 Å². The van der Waals surface area contributed by atoms with Gasteiger partial charge < -0.3 is 14.8 Å². The Bertz CT molecular complexity index is 430. The topological polar surface area (TPSA) is 73.6 Å². The summed E-state index contributed by atoms with van der Waals surface area (Å²) in [5.74, 6) is 0.751. The number of benzene rings is 1. The summed E-state index contributed by atoms with van der Waals surface area (Å²) in [6, 6.07) is 4.88. The summed E-state index contributed by atoms with van der Waals surface area (Å²) in [5.41, 5.74) is 0.708. The number of methoxy groups -OCH3 is 1. The Morgan fingerprint density at radius 2 is 2.44 bits per heavy atom. The van der Waals surface area contributed by atoms with Gasteiger partial charge in [-0.1, -0.05) is 0 Å². The van der Waals surface area contributed by atoms with Crippen LogP contribution in [0, 0.1) is 16.0 Å². The fraction of sp³-hybridized carbons (Fsp3) is 0.500. The predicted octanol–water partition coefficient (Wildman–Crippen LogP) is 2.05. The Balaban J connectivity index is 2.04. The van der Waals surface area contributed by atoms with E-state index in [4.69, 9.17) is 9.47 Å². The lowest BCUT2D eigenvalue weighted by Crippen LogP contribution is -2.14. The summed E-state index contributed by atoms with van der Waals surface area (Å²) < 4.78 is 10.2. The van der Waals surface area contributed by atoms with E-state index < -0.39 is 4.92 Å². The highest BCUT2D eigenvalue weighted by Gasteiger charge is 2.17. The van der Waals surface area contributed by atoms with E-state index in [9.17, 15) is 10.1 Å². The zero-order chi connectivity index (χ0) is 13.0. The highest BCUT2D eigenvalue weighted by Crippen LogP contribution is 2.29. The maximum absolute atomic E-state index is 10.9. The van der Waals surface area contributed by atoms with Crippen LogP contribution in [0.15, 0.2) is 18.2 Å². The SMILES string of the molecule is COc1ccc(NCC2CCOC2)cc1[N+](=O)[O-]. The molecule has 0 amide bonds. The molecule has 98 valence electrons. The van der Waals surface area contributed by atoms with Gasteiger partial charge in [0, 0.05) is 30.8 Å². The van der Waals surface area contributed by atoms with Gasteiger partial charge in [0.1, 0.15) is 0 Å². The van der Waals surface area contributed by atoms with Crippen LogP contribution < -0.4 is 10.1 Å².